The Bertz CT molecular complexity index is 2980. The molecule has 2 heterocycles. The van der Waals surface area contributed by atoms with E-state index in [1.807, 2.05) is 12.1 Å². The summed E-state index contributed by atoms with van der Waals surface area (Å²) in [5.41, 5.74) is 15.1. The lowest BCUT2D eigenvalue weighted by molar-refractivity contribution is 0.638. The molecular weight excluding hydrogens is 647 g/mol. The third kappa shape index (κ3) is 4.41. The van der Waals surface area contributed by atoms with Crippen LogP contribution < -0.4 is 4.90 Å². The highest BCUT2D eigenvalue weighted by Crippen LogP contribution is 2.55. The van der Waals surface area contributed by atoms with Gasteiger partial charge in [-0.1, -0.05) is 115 Å². The fraction of sp³-hybridized carbons (Fsp3) is 0.0400. The molecule has 10 aromatic rings. The van der Waals surface area contributed by atoms with Gasteiger partial charge in [-0.2, -0.15) is 0 Å². The quantitative estimate of drug-likeness (QED) is 0.181. The van der Waals surface area contributed by atoms with E-state index in [1.54, 1.807) is 0 Å². The van der Waals surface area contributed by atoms with Gasteiger partial charge in [0.2, 0.25) is 0 Å². The molecule has 0 bridgehead atoms. The normalized spacial score (nSPS) is 13.2. The first-order valence-corrected chi connectivity index (χ1v) is 18.2. The van der Waals surface area contributed by atoms with Crippen molar-refractivity contribution < 1.29 is 8.83 Å². The Morgan fingerprint density at radius 3 is 1.64 bits per heavy atom. The van der Waals surface area contributed by atoms with Crippen molar-refractivity contribution in [1.29, 1.82) is 0 Å². The van der Waals surface area contributed by atoms with Gasteiger partial charge in [0.25, 0.3) is 0 Å². The summed E-state index contributed by atoms with van der Waals surface area (Å²) in [5, 5.41) is 4.48. The van der Waals surface area contributed by atoms with E-state index in [2.05, 4.69) is 182 Å². The van der Waals surface area contributed by atoms with Crippen molar-refractivity contribution in [2.75, 3.05) is 4.90 Å². The third-order valence-electron chi connectivity index (χ3n) is 11.3. The smallest absolute Gasteiger partial charge is 0.139 e. The summed E-state index contributed by atoms with van der Waals surface area (Å²) in [5.74, 6) is 0. The predicted molar refractivity (Wildman–Crippen MR) is 219 cm³/mol. The average Bonchev–Trinajstić information content (AvgIpc) is 3.87. The fourth-order valence-corrected chi connectivity index (χ4v) is 8.79. The lowest BCUT2D eigenvalue weighted by Crippen LogP contribution is -2.22. The van der Waals surface area contributed by atoms with Crippen molar-refractivity contribution in [3.63, 3.8) is 0 Å². The van der Waals surface area contributed by atoms with Crippen LogP contribution in [0.4, 0.5) is 17.1 Å². The average molecular weight is 680 g/mol. The molecule has 0 saturated heterocycles. The van der Waals surface area contributed by atoms with Gasteiger partial charge in [-0.05, 0) is 107 Å². The molecule has 0 atom stereocenters. The second-order valence-electron chi connectivity index (χ2n) is 14.2. The molecule has 0 saturated carbocycles. The summed E-state index contributed by atoms with van der Waals surface area (Å²) in [6.07, 6.45) is 0. The summed E-state index contributed by atoms with van der Waals surface area (Å²) in [6, 6.07) is 65.0. The number of hydrogen-bond acceptors (Lipinski definition) is 3. The third-order valence-corrected chi connectivity index (χ3v) is 11.3. The highest BCUT2D eigenvalue weighted by molar-refractivity contribution is 6.09. The van der Waals surface area contributed by atoms with E-state index >= 15 is 0 Å². The molecule has 0 fully saturated rings. The highest BCUT2D eigenvalue weighted by Gasteiger charge is 2.42. The van der Waals surface area contributed by atoms with E-state index < -0.39 is 5.41 Å². The van der Waals surface area contributed by atoms with Gasteiger partial charge >= 0.3 is 0 Å². The Kier molecular flexibility index (Phi) is 6.38. The van der Waals surface area contributed by atoms with Crippen molar-refractivity contribution in [2.45, 2.75) is 12.3 Å². The number of nitrogens with zero attached hydrogens (tertiary/aromatic N) is 1. The molecule has 250 valence electrons. The lowest BCUT2D eigenvalue weighted by Gasteiger charge is -2.29. The van der Waals surface area contributed by atoms with E-state index in [4.69, 9.17) is 8.83 Å². The molecule has 1 aliphatic rings. The molecule has 1 aliphatic carbocycles. The largest absolute Gasteiger partial charge is 0.456 e. The summed E-state index contributed by atoms with van der Waals surface area (Å²) >= 11 is 0. The minimum atomic E-state index is -0.407. The van der Waals surface area contributed by atoms with Crippen LogP contribution in [0.3, 0.4) is 0 Å². The Labute approximate surface area is 307 Å². The molecule has 0 radical (unpaired) electrons. The lowest BCUT2D eigenvalue weighted by atomic mass is 9.73. The number of hydrogen-bond donors (Lipinski definition) is 0. The summed E-state index contributed by atoms with van der Waals surface area (Å²) in [7, 11) is 0. The topological polar surface area (TPSA) is 29.5 Å². The number of benzene rings is 8. The summed E-state index contributed by atoms with van der Waals surface area (Å²) in [6.45, 7) is 2.37. The molecule has 53 heavy (non-hydrogen) atoms. The monoisotopic (exact) mass is 679 g/mol. The van der Waals surface area contributed by atoms with E-state index in [0.717, 1.165) is 72.1 Å². The first-order chi connectivity index (χ1) is 26.1. The maximum atomic E-state index is 6.77. The van der Waals surface area contributed by atoms with E-state index in [1.165, 1.54) is 27.8 Å². The van der Waals surface area contributed by atoms with Crippen LogP contribution in [-0.2, 0) is 5.41 Å². The Balaban J connectivity index is 1.09. The minimum Gasteiger partial charge on any atom is -0.456 e. The predicted octanol–water partition coefficient (Wildman–Crippen LogP) is 14.0. The van der Waals surface area contributed by atoms with Crippen molar-refractivity contribution in [1.82, 2.24) is 0 Å². The van der Waals surface area contributed by atoms with Gasteiger partial charge in [-0.15, -0.1) is 0 Å². The van der Waals surface area contributed by atoms with Crippen molar-refractivity contribution in [2.24, 2.45) is 0 Å². The van der Waals surface area contributed by atoms with Crippen molar-refractivity contribution in [3.05, 3.63) is 199 Å². The van der Waals surface area contributed by atoms with E-state index in [9.17, 15) is 0 Å². The van der Waals surface area contributed by atoms with Gasteiger partial charge in [0, 0.05) is 49.6 Å². The minimum absolute atomic E-state index is 0.407. The SMILES string of the molecule is CC1(c2cc(-c3ccc(N(c4ccccc4)c4ccc5oc6ccccc6c5c4)cc3)cc3c2oc2ccccc23)c2ccccc2-c2ccccc21. The maximum absolute atomic E-state index is 6.77. The molecule has 11 rings (SSSR count). The molecular formula is C50H33NO2. The zero-order chi connectivity index (χ0) is 35.1. The van der Waals surface area contributed by atoms with Crippen LogP contribution in [-0.4, -0.2) is 0 Å². The number of fused-ring (bicyclic) bond motifs is 9. The summed E-state index contributed by atoms with van der Waals surface area (Å²) < 4.78 is 13.0. The Morgan fingerprint density at radius 1 is 0.377 bits per heavy atom. The van der Waals surface area contributed by atoms with Crippen LogP contribution in [0.25, 0.3) is 66.1 Å². The van der Waals surface area contributed by atoms with Crippen molar-refractivity contribution in [3.8, 4) is 22.3 Å². The van der Waals surface area contributed by atoms with Gasteiger partial charge in [0.15, 0.2) is 0 Å². The number of furan rings is 2. The van der Waals surface area contributed by atoms with Gasteiger partial charge in [0.1, 0.15) is 22.3 Å². The zero-order valence-electron chi connectivity index (χ0n) is 29.1. The second kappa shape index (κ2) is 11.3. The Morgan fingerprint density at radius 2 is 0.925 bits per heavy atom. The molecule has 0 unspecified atom stereocenters. The molecule has 0 amide bonds. The standard InChI is InChI=1S/C50H33NO2/c1-50(43-19-9-5-15-37(43)38-16-6-10-20-44(38)50)45-30-33(29-42-40-18-8-12-22-47(40)53-49(42)45)32-23-25-35(26-24-32)51(34-13-3-2-4-14-34)36-27-28-48-41(31-36)39-17-7-11-21-46(39)52-48/h2-31H,1H3. The number of para-hydroxylation sites is 3. The van der Waals surface area contributed by atoms with Gasteiger partial charge in [0.05, 0.1) is 0 Å². The van der Waals surface area contributed by atoms with Crippen LogP contribution >= 0.6 is 0 Å². The molecule has 3 heteroatoms. The first kappa shape index (κ1) is 29.8. The molecule has 0 aliphatic heterocycles. The molecule has 0 spiro atoms. The second-order valence-corrected chi connectivity index (χ2v) is 14.2. The highest BCUT2D eigenvalue weighted by atomic mass is 16.3. The molecule has 0 N–H and O–H groups in total. The zero-order valence-corrected chi connectivity index (χ0v) is 29.1. The van der Waals surface area contributed by atoms with Gasteiger partial charge < -0.3 is 13.7 Å². The maximum Gasteiger partial charge on any atom is 0.139 e. The van der Waals surface area contributed by atoms with Crippen molar-refractivity contribution >= 4 is 60.9 Å². The summed E-state index contributed by atoms with van der Waals surface area (Å²) in [4.78, 5) is 2.32. The van der Waals surface area contributed by atoms with Crippen LogP contribution in [0.1, 0.15) is 23.6 Å². The molecule has 3 nitrogen and oxygen atoms in total. The molecule has 8 aromatic carbocycles. The number of rotatable bonds is 5. The molecule has 2 aromatic heterocycles. The number of anilines is 3. The first-order valence-electron chi connectivity index (χ1n) is 18.2. The Hall–Kier alpha value is -6.84. The van der Waals surface area contributed by atoms with Crippen LogP contribution in [0.2, 0.25) is 0 Å². The van der Waals surface area contributed by atoms with Crippen LogP contribution in [0.15, 0.2) is 191 Å². The van der Waals surface area contributed by atoms with E-state index in [0.29, 0.717) is 0 Å². The van der Waals surface area contributed by atoms with Crippen LogP contribution in [0, 0.1) is 0 Å². The fourth-order valence-electron chi connectivity index (χ4n) is 8.79. The van der Waals surface area contributed by atoms with Gasteiger partial charge in [-0.25, -0.2) is 0 Å². The van der Waals surface area contributed by atoms with E-state index in [-0.39, 0.29) is 0 Å². The van der Waals surface area contributed by atoms with Crippen LogP contribution in [0.5, 0.6) is 0 Å². The van der Waals surface area contributed by atoms with Gasteiger partial charge in [-0.3, -0.25) is 0 Å².